The van der Waals surface area contributed by atoms with Gasteiger partial charge in [-0.25, -0.2) is 9.97 Å². The molecule has 2 aromatic heterocycles. The van der Waals surface area contributed by atoms with Crippen LogP contribution < -0.4 is 5.32 Å². The molecule has 0 bridgehead atoms. The molecule has 0 fully saturated rings. The van der Waals surface area contributed by atoms with Gasteiger partial charge in [0.05, 0.1) is 17.7 Å². The fourth-order valence-electron chi connectivity index (χ4n) is 2.01. The fraction of sp³-hybridized carbons (Fsp3) is 0.214. The van der Waals surface area contributed by atoms with Crippen molar-refractivity contribution in [2.45, 2.75) is 19.6 Å². The van der Waals surface area contributed by atoms with Gasteiger partial charge >= 0.3 is 0 Å². The Morgan fingerprint density at radius 2 is 2.05 bits per heavy atom. The van der Waals surface area contributed by atoms with E-state index in [-0.39, 0.29) is 0 Å². The lowest BCUT2D eigenvalue weighted by Crippen LogP contribution is -2.02. The highest BCUT2D eigenvalue weighted by atomic mass is 16.3. The molecule has 1 aromatic carbocycles. The van der Waals surface area contributed by atoms with Crippen LogP contribution in [0.5, 0.6) is 0 Å². The number of nitrogens with one attached hydrogen (secondary N) is 2. The Morgan fingerprint density at radius 1 is 1.25 bits per heavy atom. The first-order valence-electron chi connectivity index (χ1n) is 6.39. The highest BCUT2D eigenvalue weighted by molar-refractivity contribution is 5.85. The second-order valence-corrected chi connectivity index (χ2v) is 4.63. The molecule has 0 amide bonds. The summed E-state index contributed by atoms with van der Waals surface area (Å²) in [4.78, 5) is 8.31. The minimum atomic E-state index is -0.440. The maximum absolute atomic E-state index is 9.47. The molecule has 0 aliphatic carbocycles. The first-order valence-corrected chi connectivity index (χ1v) is 6.39. The zero-order valence-electron chi connectivity index (χ0n) is 11.0. The Kier molecular flexibility index (Phi) is 3.30. The van der Waals surface area contributed by atoms with Crippen LogP contribution in [0.25, 0.3) is 11.0 Å². The summed E-state index contributed by atoms with van der Waals surface area (Å²) in [5.41, 5.74) is 2.74. The lowest BCUT2D eigenvalue weighted by Gasteiger charge is -2.08. The molecule has 0 saturated heterocycles. The van der Waals surface area contributed by atoms with E-state index in [1.807, 2.05) is 24.3 Å². The van der Waals surface area contributed by atoms with Crippen LogP contribution in [0.2, 0.25) is 0 Å². The zero-order chi connectivity index (χ0) is 13.9. The largest absolute Gasteiger partial charge is 0.389 e. The van der Waals surface area contributed by atoms with Gasteiger partial charge in [0.1, 0.15) is 12.1 Å². The number of nitrogens with zero attached hydrogens (tertiary/aromatic N) is 3. The number of rotatable bonds is 4. The molecule has 20 heavy (non-hydrogen) atoms. The van der Waals surface area contributed by atoms with Crippen molar-refractivity contribution in [3.8, 4) is 0 Å². The van der Waals surface area contributed by atoms with Gasteiger partial charge in [-0.3, -0.25) is 5.10 Å². The van der Waals surface area contributed by atoms with E-state index >= 15 is 0 Å². The molecule has 2 heterocycles. The Balaban J connectivity index is 1.74. The van der Waals surface area contributed by atoms with Crippen molar-refractivity contribution in [3.05, 3.63) is 47.9 Å². The molecule has 0 aliphatic heterocycles. The summed E-state index contributed by atoms with van der Waals surface area (Å²) in [5, 5.41) is 20.4. The van der Waals surface area contributed by atoms with E-state index in [4.69, 9.17) is 0 Å². The Morgan fingerprint density at radius 3 is 2.80 bits per heavy atom. The van der Waals surface area contributed by atoms with Gasteiger partial charge in [-0.2, -0.15) is 5.10 Å². The van der Waals surface area contributed by atoms with Gasteiger partial charge in [0.25, 0.3) is 0 Å². The van der Waals surface area contributed by atoms with Crippen LogP contribution >= 0.6 is 0 Å². The average Bonchev–Trinajstić information content (AvgIpc) is 2.94. The minimum absolute atomic E-state index is 0.440. The average molecular weight is 269 g/mol. The maximum atomic E-state index is 9.47. The number of benzene rings is 1. The number of anilines is 1. The second-order valence-electron chi connectivity index (χ2n) is 4.63. The number of aliphatic hydroxyl groups is 1. The first-order chi connectivity index (χ1) is 9.74. The molecule has 3 rings (SSSR count). The molecule has 6 heteroatoms. The molecule has 1 atom stereocenters. The molecule has 6 nitrogen and oxygen atoms in total. The Bertz CT molecular complexity index is 705. The Hall–Kier alpha value is -2.47. The van der Waals surface area contributed by atoms with Crippen molar-refractivity contribution in [2.24, 2.45) is 0 Å². The monoisotopic (exact) mass is 269 g/mol. The molecule has 102 valence electrons. The molecule has 0 spiro atoms. The summed E-state index contributed by atoms with van der Waals surface area (Å²) in [6.07, 6.45) is 2.76. The van der Waals surface area contributed by atoms with E-state index in [1.54, 1.807) is 13.1 Å². The van der Waals surface area contributed by atoms with E-state index in [9.17, 15) is 5.11 Å². The van der Waals surface area contributed by atoms with Crippen molar-refractivity contribution < 1.29 is 5.11 Å². The summed E-state index contributed by atoms with van der Waals surface area (Å²) in [7, 11) is 0. The van der Waals surface area contributed by atoms with Crippen LogP contribution in [0.4, 0.5) is 5.82 Å². The third-order valence-corrected chi connectivity index (χ3v) is 3.17. The number of hydrogen-bond acceptors (Lipinski definition) is 5. The first kappa shape index (κ1) is 12.6. The zero-order valence-corrected chi connectivity index (χ0v) is 11.0. The lowest BCUT2D eigenvalue weighted by molar-refractivity contribution is 0.199. The predicted octanol–water partition coefficient (Wildman–Crippen LogP) is 2.02. The molecular formula is C14H15N5O. The predicted molar refractivity (Wildman–Crippen MR) is 76.1 cm³/mol. The van der Waals surface area contributed by atoms with E-state index in [2.05, 4.69) is 25.5 Å². The molecule has 0 aliphatic rings. The summed E-state index contributed by atoms with van der Waals surface area (Å²) in [5.74, 6) is 0.753. The summed E-state index contributed by atoms with van der Waals surface area (Å²) < 4.78 is 0. The third-order valence-electron chi connectivity index (χ3n) is 3.17. The van der Waals surface area contributed by atoms with Crippen LogP contribution in [0.1, 0.15) is 24.2 Å². The van der Waals surface area contributed by atoms with Crippen molar-refractivity contribution in [1.82, 2.24) is 20.2 Å². The smallest absolute Gasteiger partial charge is 0.160 e. The maximum Gasteiger partial charge on any atom is 0.160 e. The Labute approximate surface area is 115 Å². The van der Waals surface area contributed by atoms with Crippen LogP contribution in [-0.2, 0) is 6.54 Å². The molecule has 3 aromatic rings. The number of hydrogen-bond donors (Lipinski definition) is 3. The van der Waals surface area contributed by atoms with Gasteiger partial charge in [-0.15, -0.1) is 0 Å². The van der Waals surface area contributed by atoms with Crippen molar-refractivity contribution >= 4 is 16.9 Å². The number of H-pyrrole nitrogens is 1. The van der Waals surface area contributed by atoms with Crippen molar-refractivity contribution in [3.63, 3.8) is 0 Å². The molecular weight excluding hydrogens is 254 g/mol. The third kappa shape index (κ3) is 2.46. The van der Waals surface area contributed by atoms with Gasteiger partial charge in [0.15, 0.2) is 5.65 Å². The molecule has 0 radical (unpaired) electrons. The van der Waals surface area contributed by atoms with Crippen LogP contribution in [-0.4, -0.2) is 25.3 Å². The van der Waals surface area contributed by atoms with Crippen molar-refractivity contribution in [2.75, 3.05) is 5.32 Å². The highest BCUT2D eigenvalue weighted by Gasteiger charge is 2.05. The standard InChI is InChI=1S/C14H15N5O/c1-9(20)11-4-2-10(3-5-11)6-15-13-12-7-18-19-14(12)17-8-16-13/h2-5,7-9,20H,6H2,1H3,(H2,15,16,17,18,19)/t9-/m1/s1. The van der Waals surface area contributed by atoms with Gasteiger partial charge in [0.2, 0.25) is 0 Å². The summed E-state index contributed by atoms with van der Waals surface area (Å²) in [6, 6.07) is 7.83. The molecule has 0 unspecified atom stereocenters. The van der Waals surface area contributed by atoms with Crippen molar-refractivity contribution in [1.29, 1.82) is 0 Å². The van der Waals surface area contributed by atoms with Gasteiger partial charge in [-0.1, -0.05) is 24.3 Å². The molecule has 0 saturated carbocycles. The van der Waals surface area contributed by atoms with E-state index in [0.29, 0.717) is 12.2 Å². The van der Waals surface area contributed by atoms with E-state index in [0.717, 1.165) is 22.3 Å². The SMILES string of the molecule is C[C@@H](O)c1ccc(CNc2ncnc3[nH]ncc23)cc1. The van der Waals surface area contributed by atoms with Crippen LogP contribution in [0.15, 0.2) is 36.8 Å². The van der Waals surface area contributed by atoms with E-state index in [1.165, 1.54) is 6.33 Å². The number of fused-ring (bicyclic) bond motifs is 1. The summed E-state index contributed by atoms with van der Waals surface area (Å²) in [6.45, 7) is 2.40. The normalized spacial score (nSPS) is 12.5. The topological polar surface area (TPSA) is 86.7 Å². The van der Waals surface area contributed by atoms with Gasteiger partial charge < -0.3 is 10.4 Å². The fourth-order valence-corrected chi connectivity index (χ4v) is 2.01. The second kappa shape index (κ2) is 5.26. The van der Waals surface area contributed by atoms with E-state index < -0.39 is 6.10 Å². The lowest BCUT2D eigenvalue weighted by atomic mass is 10.1. The number of aromatic amines is 1. The van der Waals surface area contributed by atoms with Crippen LogP contribution in [0.3, 0.4) is 0 Å². The molecule has 3 N–H and O–H groups in total. The number of aromatic nitrogens is 4. The van der Waals surface area contributed by atoms with Gasteiger partial charge in [-0.05, 0) is 18.1 Å². The highest BCUT2D eigenvalue weighted by Crippen LogP contribution is 2.18. The quantitative estimate of drug-likeness (QED) is 0.674. The number of aliphatic hydroxyl groups excluding tert-OH is 1. The van der Waals surface area contributed by atoms with Gasteiger partial charge in [0, 0.05) is 6.54 Å². The van der Waals surface area contributed by atoms with Crippen LogP contribution in [0, 0.1) is 0 Å². The summed E-state index contributed by atoms with van der Waals surface area (Å²) >= 11 is 0. The minimum Gasteiger partial charge on any atom is -0.389 e.